The summed E-state index contributed by atoms with van der Waals surface area (Å²) in [6.07, 6.45) is 9.84. The number of amides is 1. The topological polar surface area (TPSA) is 104 Å². The fraction of sp³-hybridized carbons (Fsp3) is 0.476. The highest BCUT2D eigenvalue weighted by atomic mass is 19.3. The molecular weight excluding hydrogens is 398 g/mol. The van der Waals surface area contributed by atoms with Crippen molar-refractivity contribution in [1.29, 1.82) is 0 Å². The van der Waals surface area contributed by atoms with Crippen molar-refractivity contribution in [3.8, 4) is 0 Å². The van der Waals surface area contributed by atoms with Crippen LogP contribution in [0, 0.1) is 0 Å². The zero-order chi connectivity index (χ0) is 21.7. The van der Waals surface area contributed by atoms with Crippen molar-refractivity contribution in [2.75, 3.05) is 6.54 Å². The lowest BCUT2D eigenvalue weighted by atomic mass is 9.98. The van der Waals surface area contributed by atoms with Gasteiger partial charge in [-0.05, 0) is 43.4 Å². The Kier molecular flexibility index (Phi) is 6.81. The van der Waals surface area contributed by atoms with Gasteiger partial charge in [0.15, 0.2) is 5.89 Å². The molecule has 1 amide bonds. The van der Waals surface area contributed by atoms with E-state index in [1.54, 1.807) is 4.90 Å². The quantitative estimate of drug-likeness (QED) is 0.593. The minimum atomic E-state index is -3.22. The third kappa shape index (κ3) is 5.41. The smallest absolute Gasteiger partial charge is 0.373 e. The van der Waals surface area contributed by atoms with E-state index in [1.807, 2.05) is 12.2 Å². The number of nitrogens with zero attached hydrogens (tertiary/aromatic N) is 2. The Morgan fingerprint density at radius 1 is 1.40 bits per heavy atom. The van der Waals surface area contributed by atoms with Crippen molar-refractivity contribution >= 4 is 11.9 Å². The van der Waals surface area contributed by atoms with Crippen LogP contribution >= 0.6 is 0 Å². The number of aliphatic hydroxyl groups is 1. The van der Waals surface area contributed by atoms with Gasteiger partial charge in [-0.25, -0.2) is 9.78 Å². The van der Waals surface area contributed by atoms with E-state index in [0.717, 1.165) is 6.08 Å². The summed E-state index contributed by atoms with van der Waals surface area (Å²) in [5.41, 5.74) is 0.657. The Bertz CT molecular complexity index is 875. The fourth-order valence-corrected chi connectivity index (χ4v) is 3.53. The number of rotatable bonds is 9. The summed E-state index contributed by atoms with van der Waals surface area (Å²) in [5, 5.41) is 18.3. The number of aromatic carboxylic acids is 1. The number of oxazole rings is 1. The van der Waals surface area contributed by atoms with Crippen molar-refractivity contribution in [3.63, 3.8) is 0 Å². The predicted octanol–water partition coefficient (Wildman–Crippen LogP) is 3.13. The van der Waals surface area contributed by atoms with Gasteiger partial charge >= 0.3 is 5.97 Å². The number of carboxylic acid groups (broad SMARTS) is 1. The second-order valence-corrected chi connectivity index (χ2v) is 7.38. The van der Waals surface area contributed by atoms with Gasteiger partial charge in [0, 0.05) is 19.4 Å². The lowest BCUT2D eigenvalue weighted by Gasteiger charge is -2.22. The average Bonchev–Trinajstić information content (AvgIpc) is 3.30. The Balaban J connectivity index is 1.45. The molecule has 2 aliphatic rings. The van der Waals surface area contributed by atoms with E-state index in [9.17, 15) is 23.5 Å². The standard InChI is InChI=1S/C21H24F2N2O5/c22-21(23)10-9-14(12-17(21)26)4-1-2-5-15-7-8-19(27)25(15)11-3-6-18-24-13-16(30-18)20(28)29/h2,5,9-10,12-13,15,17,26H,1,3-4,6-8,11H2,(H,28,29)/t15-,17?/m0/s1. The Labute approximate surface area is 172 Å². The zero-order valence-corrected chi connectivity index (χ0v) is 16.3. The van der Waals surface area contributed by atoms with Crippen LogP contribution in [0.4, 0.5) is 8.78 Å². The van der Waals surface area contributed by atoms with Crippen LogP contribution < -0.4 is 0 Å². The van der Waals surface area contributed by atoms with Gasteiger partial charge in [0.2, 0.25) is 11.7 Å². The first-order valence-corrected chi connectivity index (χ1v) is 9.86. The van der Waals surface area contributed by atoms with Crippen LogP contribution in [0.15, 0.2) is 46.6 Å². The van der Waals surface area contributed by atoms with E-state index in [0.29, 0.717) is 56.5 Å². The third-order valence-corrected chi connectivity index (χ3v) is 5.17. The van der Waals surface area contributed by atoms with Gasteiger partial charge in [0.25, 0.3) is 5.92 Å². The first kappa shape index (κ1) is 21.9. The molecule has 2 atom stereocenters. The molecule has 1 unspecified atom stereocenters. The van der Waals surface area contributed by atoms with Gasteiger partial charge in [-0.3, -0.25) is 4.79 Å². The number of alkyl halides is 2. The van der Waals surface area contributed by atoms with E-state index in [-0.39, 0.29) is 17.7 Å². The van der Waals surface area contributed by atoms with Gasteiger partial charge < -0.3 is 19.5 Å². The maximum absolute atomic E-state index is 13.2. The van der Waals surface area contributed by atoms with Crippen LogP contribution in [0.1, 0.15) is 48.5 Å². The van der Waals surface area contributed by atoms with E-state index in [4.69, 9.17) is 9.52 Å². The molecule has 1 aromatic heterocycles. The summed E-state index contributed by atoms with van der Waals surface area (Å²) < 4.78 is 31.6. The first-order chi connectivity index (χ1) is 14.3. The summed E-state index contributed by atoms with van der Waals surface area (Å²) >= 11 is 0. The van der Waals surface area contributed by atoms with Crippen LogP contribution in [-0.4, -0.2) is 56.6 Å². The normalized spacial score (nSPS) is 23.4. The number of allylic oxidation sites excluding steroid dienone is 3. The number of carbonyl (C=O) groups excluding carboxylic acids is 1. The number of carboxylic acids is 1. The number of likely N-dealkylation sites (tertiary alicyclic amines) is 1. The van der Waals surface area contributed by atoms with Gasteiger partial charge in [-0.2, -0.15) is 8.78 Å². The molecule has 1 aliphatic carbocycles. The van der Waals surface area contributed by atoms with Gasteiger partial charge in [-0.1, -0.05) is 18.2 Å². The molecule has 2 N–H and O–H groups in total. The highest BCUT2D eigenvalue weighted by Gasteiger charge is 2.36. The Morgan fingerprint density at radius 2 is 2.20 bits per heavy atom. The number of halogens is 2. The summed E-state index contributed by atoms with van der Waals surface area (Å²) in [6.45, 7) is 0.508. The molecule has 0 saturated carbocycles. The maximum Gasteiger partial charge on any atom is 0.373 e. The average molecular weight is 422 g/mol. The monoisotopic (exact) mass is 422 g/mol. The Morgan fingerprint density at radius 3 is 2.90 bits per heavy atom. The number of aryl methyl sites for hydroxylation is 1. The lowest BCUT2D eigenvalue weighted by molar-refractivity contribution is -0.128. The molecule has 0 aromatic carbocycles. The molecule has 3 rings (SSSR count). The van der Waals surface area contributed by atoms with E-state index in [1.165, 1.54) is 18.3 Å². The second kappa shape index (κ2) is 9.34. The van der Waals surface area contributed by atoms with Crippen LogP contribution in [-0.2, 0) is 11.2 Å². The second-order valence-electron chi connectivity index (χ2n) is 7.38. The van der Waals surface area contributed by atoms with Crippen molar-refractivity contribution in [1.82, 2.24) is 9.88 Å². The Hall–Kier alpha value is -2.81. The number of aliphatic hydroxyl groups excluding tert-OH is 1. The minimum absolute atomic E-state index is 0.0255. The number of carbonyl (C=O) groups is 2. The first-order valence-electron chi connectivity index (χ1n) is 9.86. The van der Waals surface area contributed by atoms with E-state index >= 15 is 0 Å². The molecule has 1 fully saturated rings. The number of hydrogen-bond donors (Lipinski definition) is 2. The molecule has 1 saturated heterocycles. The van der Waals surface area contributed by atoms with Gasteiger partial charge in [-0.15, -0.1) is 0 Å². The van der Waals surface area contributed by atoms with Crippen molar-refractivity contribution in [2.24, 2.45) is 0 Å². The molecule has 30 heavy (non-hydrogen) atoms. The molecule has 7 nitrogen and oxygen atoms in total. The largest absolute Gasteiger partial charge is 0.475 e. The molecule has 1 aromatic rings. The van der Waals surface area contributed by atoms with Crippen molar-refractivity contribution in [2.45, 2.75) is 56.6 Å². The number of aromatic nitrogens is 1. The van der Waals surface area contributed by atoms with Crippen LogP contribution in [0.3, 0.4) is 0 Å². The summed E-state index contributed by atoms with van der Waals surface area (Å²) in [6, 6.07) is -0.0255. The lowest BCUT2D eigenvalue weighted by Crippen LogP contribution is -2.32. The third-order valence-electron chi connectivity index (χ3n) is 5.17. The predicted molar refractivity (Wildman–Crippen MR) is 103 cm³/mol. The molecular formula is C21H24F2N2O5. The highest BCUT2D eigenvalue weighted by molar-refractivity contribution is 5.83. The van der Waals surface area contributed by atoms with Crippen LogP contribution in [0.5, 0.6) is 0 Å². The van der Waals surface area contributed by atoms with Crippen molar-refractivity contribution < 1.29 is 33.0 Å². The van der Waals surface area contributed by atoms with Gasteiger partial charge in [0.05, 0.1) is 12.2 Å². The number of hydrogen-bond acceptors (Lipinski definition) is 5. The highest BCUT2D eigenvalue weighted by Crippen LogP contribution is 2.28. The summed E-state index contributed by atoms with van der Waals surface area (Å²) in [5.74, 6) is -4.21. The summed E-state index contributed by atoms with van der Waals surface area (Å²) in [7, 11) is 0. The SMILES string of the molecule is O=C(O)c1cnc(CCCN2C(=O)CC[C@@H]2C=CCCC2=CC(O)C(F)(F)C=C2)o1. The zero-order valence-electron chi connectivity index (χ0n) is 16.3. The van der Waals surface area contributed by atoms with E-state index in [2.05, 4.69) is 4.98 Å². The van der Waals surface area contributed by atoms with Crippen LogP contribution in [0.25, 0.3) is 0 Å². The molecule has 0 spiro atoms. The van der Waals surface area contributed by atoms with Crippen LogP contribution in [0.2, 0.25) is 0 Å². The molecule has 1 aliphatic heterocycles. The molecule has 0 bridgehead atoms. The molecule has 0 radical (unpaired) electrons. The summed E-state index contributed by atoms with van der Waals surface area (Å²) in [4.78, 5) is 28.7. The van der Waals surface area contributed by atoms with Crippen molar-refractivity contribution in [3.05, 3.63) is 53.8 Å². The fourth-order valence-electron chi connectivity index (χ4n) is 3.53. The molecule has 9 heteroatoms. The molecule has 2 heterocycles. The maximum atomic E-state index is 13.2. The minimum Gasteiger partial charge on any atom is -0.475 e. The van der Waals surface area contributed by atoms with E-state index < -0.39 is 18.0 Å². The van der Waals surface area contributed by atoms with Gasteiger partial charge in [0.1, 0.15) is 6.10 Å². The molecule has 162 valence electrons.